The van der Waals surface area contributed by atoms with Crippen molar-refractivity contribution in [2.75, 3.05) is 0 Å². The summed E-state index contributed by atoms with van der Waals surface area (Å²) in [5.41, 5.74) is 7.15. The second-order valence-electron chi connectivity index (χ2n) is 10.4. The van der Waals surface area contributed by atoms with E-state index >= 15 is 0 Å². The van der Waals surface area contributed by atoms with Crippen LogP contribution in [0.15, 0.2) is 66.7 Å². The number of hydrogen-bond donors (Lipinski definition) is 1. The van der Waals surface area contributed by atoms with Gasteiger partial charge in [-0.3, -0.25) is 0 Å². The van der Waals surface area contributed by atoms with Crippen LogP contribution in [-0.2, 0) is 21.1 Å². The molecule has 39 heavy (non-hydrogen) atoms. The van der Waals surface area contributed by atoms with Crippen LogP contribution >= 0.6 is 0 Å². The number of fused-ring (bicyclic) bond motifs is 4. The molecule has 3 heterocycles. The zero-order valence-electron chi connectivity index (χ0n) is 22.1. The van der Waals surface area contributed by atoms with Crippen LogP contribution in [0.1, 0.15) is 47.6 Å². The summed E-state index contributed by atoms with van der Waals surface area (Å²) in [5, 5.41) is 13.6. The van der Waals surface area contributed by atoms with Gasteiger partial charge >= 0.3 is 0 Å². The number of phenols is 1. The Morgan fingerprint density at radius 1 is 0.872 bits per heavy atom. The molecule has 0 bridgehead atoms. The molecule has 0 radical (unpaired) electrons. The molecule has 7 rings (SSSR count). The summed E-state index contributed by atoms with van der Waals surface area (Å²) in [5.74, 6) is 2.64. The van der Waals surface area contributed by atoms with Gasteiger partial charge in [0.05, 0.1) is 0 Å². The number of pyridine rings is 2. The van der Waals surface area contributed by atoms with Crippen LogP contribution in [0, 0.1) is 26.8 Å². The Balaban J connectivity index is 0.00000277. The average Bonchev–Trinajstić information content (AvgIpc) is 3.21. The summed E-state index contributed by atoms with van der Waals surface area (Å²) in [4.78, 5) is 9.68. The third-order valence-corrected chi connectivity index (χ3v) is 7.93. The summed E-state index contributed by atoms with van der Waals surface area (Å²) in [6.45, 7) is 6.21. The van der Waals surface area contributed by atoms with Crippen LogP contribution in [0.25, 0.3) is 38.5 Å². The Kier molecular flexibility index (Phi) is 6.43. The minimum Gasteiger partial charge on any atom is -0.506 e. The van der Waals surface area contributed by atoms with Gasteiger partial charge in [0.2, 0.25) is 5.88 Å². The number of hydrogen-bond acceptors (Lipinski definition) is 4. The summed E-state index contributed by atoms with van der Waals surface area (Å²) < 4.78 is 8.49. The topological polar surface area (TPSA) is 60.2 Å². The van der Waals surface area contributed by atoms with E-state index in [1.807, 2.05) is 38.1 Å². The Bertz CT molecular complexity index is 1890. The van der Waals surface area contributed by atoms with Crippen LogP contribution in [0.3, 0.4) is 0 Å². The van der Waals surface area contributed by atoms with Crippen molar-refractivity contribution < 1.29 is 30.9 Å². The fourth-order valence-corrected chi connectivity index (χ4v) is 5.70. The Morgan fingerprint density at radius 2 is 1.69 bits per heavy atom. The van der Waals surface area contributed by atoms with Crippen molar-refractivity contribution in [2.24, 2.45) is 0 Å². The van der Waals surface area contributed by atoms with Crippen molar-refractivity contribution in [3.63, 3.8) is 0 Å². The molecule has 1 fully saturated rings. The molecule has 1 N–H and O–H groups in total. The maximum atomic E-state index is 10.4. The Hall–Kier alpha value is -3.69. The first kappa shape index (κ1) is 25.6. The second-order valence-corrected chi connectivity index (χ2v) is 10.4. The zero-order valence-corrected chi connectivity index (χ0v) is 24.3. The van der Waals surface area contributed by atoms with E-state index in [-0.39, 0.29) is 26.8 Å². The van der Waals surface area contributed by atoms with Gasteiger partial charge in [0, 0.05) is 49.5 Å². The van der Waals surface area contributed by atoms with E-state index in [4.69, 9.17) is 9.72 Å². The summed E-state index contributed by atoms with van der Waals surface area (Å²) in [7, 11) is 0. The van der Waals surface area contributed by atoms with E-state index < -0.39 is 0 Å². The molecule has 0 saturated heterocycles. The first-order valence-corrected chi connectivity index (χ1v) is 13.2. The summed E-state index contributed by atoms with van der Waals surface area (Å²) >= 11 is 0. The monoisotopic (exact) mass is 693 g/mol. The fourth-order valence-electron chi connectivity index (χ4n) is 5.70. The number of phenolic OH excluding ortho intramolecular Hbond substituents is 1. The first-order valence-electron chi connectivity index (χ1n) is 13.2. The molecule has 6 aromatic rings. The molecule has 1 aliphatic carbocycles. The van der Waals surface area contributed by atoms with Gasteiger partial charge in [-0.15, -0.1) is 17.5 Å². The van der Waals surface area contributed by atoms with Crippen LogP contribution in [0.2, 0.25) is 0 Å². The molecular weight excluding hydrogens is 665 g/mol. The SMILES string of the molecule is Cc1ccc(C2CCC2)c(-n2c3[c-]c(Oc4ccc5c(C)ccc(O)c5n4)ccc3c3c(C)cccc32)n1.[Pt]. The molecule has 3 aromatic carbocycles. The standard InChI is InChI=1S/C33H28N3O2.Pt/c1-19-10-16-29(37)32-24(19)15-17-30(35-32)38-23-12-14-26-28(18-23)36(27-9-4-6-20(2)31(26)27)33-25(22-7-5-8-22)13-11-21(3)34-33;/h4,6,9-17,22,37H,5,7-8H2,1-3H3;/q-1;. The van der Waals surface area contributed by atoms with Gasteiger partial charge < -0.3 is 14.4 Å². The first-order chi connectivity index (χ1) is 18.5. The van der Waals surface area contributed by atoms with Crippen molar-refractivity contribution in [3.8, 4) is 23.2 Å². The zero-order chi connectivity index (χ0) is 26.0. The largest absolute Gasteiger partial charge is 0.506 e. The molecule has 0 atom stereocenters. The molecular formula is C33H28N3O2Pt-. The number of aromatic nitrogens is 3. The molecule has 0 aliphatic heterocycles. The van der Waals surface area contributed by atoms with Crippen molar-refractivity contribution >= 4 is 32.7 Å². The van der Waals surface area contributed by atoms with E-state index in [1.165, 1.54) is 35.8 Å². The Morgan fingerprint density at radius 3 is 2.49 bits per heavy atom. The van der Waals surface area contributed by atoms with E-state index in [2.05, 4.69) is 58.9 Å². The predicted octanol–water partition coefficient (Wildman–Crippen LogP) is 8.22. The predicted molar refractivity (Wildman–Crippen MR) is 152 cm³/mol. The smallest absolute Gasteiger partial charge is 0.217 e. The Labute approximate surface area is 241 Å². The van der Waals surface area contributed by atoms with Gasteiger partial charge in [-0.05, 0) is 80.3 Å². The molecule has 6 heteroatoms. The third-order valence-electron chi connectivity index (χ3n) is 7.93. The van der Waals surface area contributed by atoms with Crippen LogP contribution in [0.5, 0.6) is 17.4 Å². The molecule has 0 amide bonds. The third kappa shape index (κ3) is 4.20. The minimum atomic E-state index is 0. The van der Waals surface area contributed by atoms with Gasteiger partial charge in [0.25, 0.3) is 0 Å². The van der Waals surface area contributed by atoms with Crippen LogP contribution in [0.4, 0.5) is 0 Å². The number of benzene rings is 3. The van der Waals surface area contributed by atoms with Crippen molar-refractivity contribution in [1.82, 2.24) is 14.5 Å². The van der Waals surface area contributed by atoms with E-state index in [0.717, 1.165) is 38.9 Å². The molecule has 0 unspecified atom stereocenters. The number of rotatable bonds is 4. The summed E-state index contributed by atoms with van der Waals surface area (Å²) in [6.07, 6.45) is 3.67. The van der Waals surface area contributed by atoms with Gasteiger partial charge in [-0.1, -0.05) is 41.8 Å². The quantitative estimate of drug-likeness (QED) is 0.189. The maximum Gasteiger partial charge on any atom is 0.217 e. The van der Waals surface area contributed by atoms with Crippen LogP contribution < -0.4 is 4.74 Å². The van der Waals surface area contributed by atoms with Crippen molar-refractivity contribution in [2.45, 2.75) is 46.0 Å². The van der Waals surface area contributed by atoms with E-state index in [1.54, 1.807) is 6.07 Å². The number of aryl methyl sites for hydroxylation is 3. The molecule has 0 spiro atoms. The molecule has 1 saturated carbocycles. The maximum absolute atomic E-state index is 10.4. The number of nitrogens with zero attached hydrogens (tertiary/aromatic N) is 3. The normalized spacial score (nSPS) is 13.5. The fraction of sp³-hybridized carbons (Fsp3) is 0.212. The van der Waals surface area contributed by atoms with Gasteiger partial charge in [-0.2, -0.15) is 6.07 Å². The summed E-state index contributed by atoms with van der Waals surface area (Å²) in [6, 6.07) is 25.7. The van der Waals surface area contributed by atoms with Crippen molar-refractivity contribution in [1.29, 1.82) is 0 Å². The average molecular weight is 694 g/mol. The van der Waals surface area contributed by atoms with E-state index in [9.17, 15) is 5.11 Å². The second kappa shape index (κ2) is 9.80. The van der Waals surface area contributed by atoms with Gasteiger partial charge in [0.15, 0.2) is 0 Å². The van der Waals surface area contributed by atoms with E-state index in [0.29, 0.717) is 23.1 Å². The van der Waals surface area contributed by atoms with Gasteiger partial charge in [0.1, 0.15) is 17.1 Å². The molecule has 198 valence electrons. The molecule has 1 aliphatic rings. The number of ether oxygens (including phenoxy) is 1. The van der Waals surface area contributed by atoms with Gasteiger partial charge in [-0.25, -0.2) is 9.97 Å². The minimum absolute atomic E-state index is 0. The van der Waals surface area contributed by atoms with Crippen LogP contribution in [-0.4, -0.2) is 19.6 Å². The van der Waals surface area contributed by atoms with Crippen molar-refractivity contribution in [3.05, 3.63) is 95.2 Å². The molecule has 3 aromatic heterocycles. The number of aromatic hydroxyl groups is 1. The molecule has 5 nitrogen and oxygen atoms in total.